The highest BCUT2D eigenvalue weighted by Crippen LogP contribution is 2.24. The van der Waals surface area contributed by atoms with Gasteiger partial charge in [-0.3, -0.25) is 9.78 Å². The van der Waals surface area contributed by atoms with Crippen LogP contribution in [0.1, 0.15) is 17.0 Å². The van der Waals surface area contributed by atoms with Crippen LogP contribution in [0.15, 0.2) is 52.0 Å². The van der Waals surface area contributed by atoms with Crippen molar-refractivity contribution in [3.05, 3.63) is 59.6 Å². The van der Waals surface area contributed by atoms with E-state index in [1.165, 1.54) is 10.4 Å². The summed E-state index contributed by atoms with van der Waals surface area (Å²) in [6, 6.07) is 9.65. The number of carbonyl (C=O) groups excluding carboxylic acids is 1. The van der Waals surface area contributed by atoms with E-state index in [-0.39, 0.29) is 29.7 Å². The van der Waals surface area contributed by atoms with E-state index >= 15 is 0 Å². The zero-order chi connectivity index (χ0) is 21.3. The van der Waals surface area contributed by atoms with Gasteiger partial charge in [-0.2, -0.15) is 4.31 Å². The van der Waals surface area contributed by atoms with Crippen molar-refractivity contribution < 1.29 is 17.7 Å². The molecule has 4 rings (SSSR count). The number of fused-ring (bicyclic) bond motifs is 1. The summed E-state index contributed by atoms with van der Waals surface area (Å²) >= 11 is 0. The number of carbonyl (C=O) groups is 1. The van der Waals surface area contributed by atoms with E-state index in [1.807, 2.05) is 30.3 Å². The van der Waals surface area contributed by atoms with Crippen LogP contribution in [0.3, 0.4) is 0 Å². The molecule has 1 aromatic carbocycles. The monoisotopic (exact) mass is 426 g/mol. The number of hydrogen-bond acceptors (Lipinski definition) is 6. The number of hydrogen-bond donors (Lipinski definition) is 0. The van der Waals surface area contributed by atoms with Crippen LogP contribution >= 0.6 is 0 Å². The minimum Gasteiger partial charge on any atom is -0.360 e. The molecular weight excluding hydrogens is 404 g/mol. The van der Waals surface area contributed by atoms with Gasteiger partial charge >= 0.3 is 0 Å². The summed E-state index contributed by atoms with van der Waals surface area (Å²) in [5.41, 5.74) is 2.04. The molecule has 1 amide bonds. The topological polar surface area (TPSA) is 96.6 Å². The Morgan fingerprint density at radius 2 is 1.83 bits per heavy atom. The number of rotatable bonds is 4. The Labute approximate surface area is 174 Å². The molecule has 8 nitrogen and oxygen atoms in total. The van der Waals surface area contributed by atoms with Gasteiger partial charge in [0, 0.05) is 49.4 Å². The summed E-state index contributed by atoms with van der Waals surface area (Å²) in [6.45, 7) is 4.28. The number of benzene rings is 1. The summed E-state index contributed by atoms with van der Waals surface area (Å²) in [4.78, 5) is 18.8. The number of aryl methyl sites for hydroxylation is 2. The molecule has 3 aromatic rings. The summed E-state index contributed by atoms with van der Waals surface area (Å²) < 4.78 is 32.2. The molecule has 30 heavy (non-hydrogen) atoms. The molecule has 1 saturated heterocycles. The minimum absolute atomic E-state index is 0.116. The zero-order valence-corrected chi connectivity index (χ0v) is 17.6. The fourth-order valence-electron chi connectivity index (χ4n) is 3.65. The zero-order valence-electron chi connectivity index (χ0n) is 16.8. The van der Waals surface area contributed by atoms with Gasteiger partial charge in [0.2, 0.25) is 15.9 Å². The minimum atomic E-state index is -3.70. The molecule has 0 spiro atoms. The van der Waals surface area contributed by atoms with Crippen molar-refractivity contribution in [2.75, 3.05) is 26.2 Å². The van der Waals surface area contributed by atoms with E-state index in [9.17, 15) is 13.2 Å². The van der Waals surface area contributed by atoms with E-state index in [1.54, 1.807) is 31.0 Å². The van der Waals surface area contributed by atoms with E-state index in [0.29, 0.717) is 18.8 Å². The Kier molecular flexibility index (Phi) is 5.40. The van der Waals surface area contributed by atoms with Gasteiger partial charge in [0.05, 0.1) is 5.52 Å². The second kappa shape index (κ2) is 8.00. The van der Waals surface area contributed by atoms with E-state index in [0.717, 1.165) is 16.5 Å². The van der Waals surface area contributed by atoms with E-state index in [4.69, 9.17) is 4.52 Å². The first-order chi connectivity index (χ1) is 14.4. The van der Waals surface area contributed by atoms with Gasteiger partial charge in [-0.15, -0.1) is 0 Å². The third-order valence-electron chi connectivity index (χ3n) is 5.19. The highest BCUT2D eigenvalue weighted by molar-refractivity contribution is 7.89. The van der Waals surface area contributed by atoms with Crippen LogP contribution < -0.4 is 0 Å². The molecule has 0 bridgehead atoms. The lowest BCUT2D eigenvalue weighted by Gasteiger charge is -2.33. The van der Waals surface area contributed by atoms with Crippen molar-refractivity contribution in [3.63, 3.8) is 0 Å². The van der Waals surface area contributed by atoms with Gasteiger partial charge in [0.1, 0.15) is 10.6 Å². The molecule has 3 heterocycles. The normalized spacial score (nSPS) is 15.9. The molecule has 0 atom stereocenters. The average Bonchev–Trinajstić information content (AvgIpc) is 3.10. The lowest BCUT2D eigenvalue weighted by atomic mass is 10.1. The fraction of sp³-hybridized carbons (Fsp3) is 0.286. The lowest BCUT2D eigenvalue weighted by molar-refractivity contribution is -0.127. The number of piperazine rings is 1. The summed E-state index contributed by atoms with van der Waals surface area (Å²) in [5.74, 6) is 0.120. The van der Waals surface area contributed by atoms with Crippen LogP contribution in [-0.2, 0) is 14.8 Å². The molecule has 1 aliphatic rings. The number of sulfonamides is 1. The molecule has 1 aliphatic heterocycles. The quantitative estimate of drug-likeness (QED) is 0.595. The van der Waals surface area contributed by atoms with Crippen LogP contribution in [0.25, 0.3) is 17.0 Å². The first-order valence-electron chi connectivity index (χ1n) is 9.61. The predicted molar refractivity (Wildman–Crippen MR) is 112 cm³/mol. The Bertz CT molecular complexity index is 1200. The first-order valence-corrected chi connectivity index (χ1v) is 11.1. The fourth-order valence-corrected chi connectivity index (χ4v) is 5.36. The average molecular weight is 426 g/mol. The third-order valence-corrected chi connectivity index (χ3v) is 7.33. The number of aromatic nitrogens is 2. The highest BCUT2D eigenvalue weighted by Gasteiger charge is 2.33. The summed E-state index contributed by atoms with van der Waals surface area (Å²) in [5, 5.41) is 4.74. The number of nitrogens with zero attached hydrogens (tertiary/aromatic N) is 4. The Morgan fingerprint density at radius 1 is 1.10 bits per heavy atom. The van der Waals surface area contributed by atoms with Crippen LogP contribution in [0.4, 0.5) is 0 Å². The summed E-state index contributed by atoms with van der Waals surface area (Å²) in [7, 11) is -3.70. The second-order valence-corrected chi connectivity index (χ2v) is 9.01. The van der Waals surface area contributed by atoms with Gasteiger partial charge in [-0.25, -0.2) is 8.42 Å². The van der Waals surface area contributed by atoms with Crippen LogP contribution in [0, 0.1) is 13.8 Å². The second-order valence-electron chi connectivity index (χ2n) is 7.14. The van der Waals surface area contributed by atoms with Crippen molar-refractivity contribution in [2.45, 2.75) is 18.7 Å². The van der Waals surface area contributed by atoms with Crippen molar-refractivity contribution in [1.29, 1.82) is 0 Å². The van der Waals surface area contributed by atoms with Gasteiger partial charge in [0.15, 0.2) is 5.76 Å². The van der Waals surface area contributed by atoms with Crippen LogP contribution in [0.5, 0.6) is 0 Å². The SMILES string of the molecule is Cc1noc(C)c1S(=O)(=O)N1CCN(C(=O)/C=C/c2cccc3cccnc23)CC1. The first kappa shape index (κ1) is 20.2. The Hall–Kier alpha value is -3.04. The molecule has 0 N–H and O–H groups in total. The molecule has 0 radical (unpaired) electrons. The maximum Gasteiger partial charge on any atom is 0.248 e. The maximum absolute atomic E-state index is 12.9. The van der Waals surface area contributed by atoms with E-state index in [2.05, 4.69) is 10.1 Å². The standard InChI is InChI=1S/C21H22N4O4S/c1-15-21(16(2)29-23-15)30(27,28)25-13-11-24(12-14-25)19(26)9-8-18-6-3-5-17-7-4-10-22-20(17)18/h3-10H,11-14H2,1-2H3/b9-8+. The number of para-hydroxylation sites is 1. The Balaban J connectivity index is 1.44. The van der Waals surface area contributed by atoms with Gasteiger partial charge < -0.3 is 9.42 Å². The molecule has 1 fully saturated rings. The van der Waals surface area contributed by atoms with Gasteiger partial charge in [0.25, 0.3) is 0 Å². The maximum atomic E-state index is 12.9. The van der Waals surface area contributed by atoms with Crippen molar-refractivity contribution in [3.8, 4) is 0 Å². The number of amides is 1. The van der Waals surface area contributed by atoms with Gasteiger partial charge in [-0.1, -0.05) is 29.4 Å². The molecule has 156 valence electrons. The van der Waals surface area contributed by atoms with Crippen molar-refractivity contribution in [1.82, 2.24) is 19.3 Å². The van der Waals surface area contributed by atoms with Crippen molar-refractivity contribution in [2.24, 2.45) is 0 Å². The number of pyridine rings is 1. The van der Waals surface area contributed by atoms with Crippen LogP contribution in [-0.4, -0.2) is 59.8 Å². The molecule has 0 aliphatic carbocycles. The largest absolute Gasteiger partial charge is 0.360 e. The van der Waals surface area contributed by atoms with Crippen molar-refractivity contribution >= 4 is 32.9 Å². The Morgan fingerprint density at radius 3 is 2.53 bits per heavy atom. The molecule has 0 saturated carbocycles. The molecule has 0 unspecified atom stereocenters. The molecular formula is C21H22N4O4S. The third kappa shape index (κ3) is 3.73. The summed E-state index contributed by atoms with van der Waals surface area (Å²) in [6.07, 6.45) is 4.99. The molecule has 9 heteroatoms. The highest BCUT2D eigenvalue weighted by atomic mass is 32.2. The predicted octanol–water partition coefficient (Wildman–Crippen LogP) is 2.39. The molecule has 2 aromatic heterocycles. The lowest BCUT2D eigenvalue weighted by Crippen LogP contribution is -2.50. The van der Waals surface area contributed by atoms with E-state index < -0.39 is 10.0 Å². The van der Waals surface area contributed by atoms with Crippen LogP contribution in [0.2, 0.25) is 0 Å². The smallest absolute Gasteiger partial charge is 0.248 e. The van der Waals surface area contributed by atoms with Gasteiger partial charge in [-0.05, 0) is 26.0 Å².